The number of nitrogens with zero attached hydrogens (tertiary/aromatic N) is 2. The molecule has 1 atom stereocenters. The minimum Gasteiger partial charge on any atom is -0.380 e. The Morgan fingerprint density at radius 1 is 0.895 bits per heavy atom. The van der Waals surface area contributed by atoms with E-state index in [9.17, 15) is 5.11 Å². The van der Waals surface area contributed by atoms with Gasteiger partial charge in [0.15, 0.2) is 0 Å². The van der Waals surface area contributed by atoms with Crippen molar-refractivity contribution in [1.82, 2.24) is 9.55 Å². The van der Waals surface area contributed by atoms with Gasteiger partial charge in [-0.3, -0.25) is 0 Å². The van der Waals surface area contributed by atoms with Crippen LogP contribution >= 0.6 is 0 Å². The van der Waals surface area contributed by atoms with Crippen molar-refractivity contribution in [3.05, 3.63) is 84.4 Å². The van der Waals surface area contributed by atoms with Crippen LogP contribution in [0.5, 0.6) is 0 Å². The molecule has 1 aromatic heterocycles. The van der Waals surface area contributed by atoms with Gasteiger partial charge in [0.05, 0.1) is 0 Å². The van der Waals surface area contributed by atoms with E-state index in [0.29, 0.717) is 5.82 Å². The average molecular weight is 250 g/mol. The van der Waals surface area contributed by atoms with Crippen molar-refractivity contribution in [2.75, 3.05) is 0 Å². The first-order valence-corrected chi connectivity index (χ1v) is 6.18. The number of imidazole rings is 1. The molecule has 94 valence electrons. The Hall–Kier alpha value is -2.39. The predicted molar refractivity (Wildman–Crippen MR) is 74.1 cm³/mol. The van der Waals surface area contributed by atoms with Gasteiger partial charge < -0.3 is 9.67 Å². The summed E-state index contributed by atoms with van der Waals surface area (Å²) in [7, 11) is 0. The summed E-state index contributed by atoms with van der Waals surface area (Å²) in [5.41, 5.74) is 1.83. The number of rotatable bonds is 3. The molecule has 0 bridgehead atoms. The van der Waals surface area contributed by atoms with E-state index in [1.165, 1.54) is 0 Å². The lowest BCUT2D eigenvalue weighted by atomic mass is 10.1. The molecule has 0 saturated heterocycles. The van der Waals surface area contributed by atoms with Crippen LogP contribution in [0.2, 0.25) is 0 Å². The Kier molecular flexibility index (Phi) is 3.12. The van der Waals surface area contributed by atoms with Gasteiger partial charge in [0.1, 0.15) is 11.9 Å². The molecule has 0 fully saturated rings. The lowest BCUT2D eigenvalue weighted by Gasteiger charge is -2.13. The summed E-state index contributed by atoms with van der Waals surface area (Å²) in [5.74, 6) is 0.623. The molecule has 0 aliphatic rings. The molecule has 19 heavy (non-hydrogen) atoms. The molecule has 3 rings (SSSR count). The second kappa shape index (κ2) is 5.08. The van der Waals surface area contributed by atoms with Crippen LogP contribution in [0.15, 0.2) is 73.1 Å². The van der Waals surface area contributed by atoms with Gasteiger partial charge in [-0.1, -0.05) is 48.5 Å². The number of aromatic nitrogens is 2. The molecule has 3 nitrogen and oxygen atoms in total. The van der Waals surface area contributed by atoms with Crippen LogP contribution in [0.4, 0.5) is 0 Å². The second-order valence-electron chi connectivity index (χ2n) is 4.30. The number of aliphatic hydroxyl groups excluding tert-OH is 1. The Bertz CT molecular complexity index is 647. The predicted octanol–water partition coefficient (Wildman–Crippen LogP) is 2.95. The van der Waals surface area contributed by atoms with Crippen LogP contribution in [0, 0.1) is 0 Å². The third kappa shape index (κ3) is 2.28. The highest BCUT2D eigenvalue weighted by Crippen LogP contribution is 2.22. The molecular formula is C16H14N2O. The van der Waals surface area contributed by atoms with Crippen LogP contribution in [-0.2, 0) is 0 Å². The summed E-state index contributed by atoms with van der Waals surface area (Å²) < 4.78 is 1.90. The maximum atomic E-state index is 10.4. The standard InChI is InChI=1S/C16H14N2O/c19-15(13-7-3-1-4-8-13)16-17-11-12-18(16)14-9-5-2-6-10-14/h1-12,15,19H. The van der Waals surface area contributed by atoms with Crippen molar-refractivity contribution in [2.45, 2.75) is 6.10 Å². The van der Waals surface area contributed by atoms with E-state index < -0.39 is 6.10 Å². The van der Waals surface area contributed by atoms with E-state index in [1.807, 2.05) is 71.4 Å². The van der Waals surface area contributed by atoms with Crippen LogP contribution in [0.25, 0.3) is 5.69 Å². The number of hydrogen-bond donors (Lipinski definition) is 1. The molecular weight excluding hydrogens is 236 g/mol. The van der Waals surface area contributed by atoms with E-state index in [0.717, 1.165) is 11.3 Å². The quantitative estimate of drug-likeness (QED) is 0.776. The van der Waals surface area contributed by atoms with Crippen LogP contribution < -0.4 is 0 Å². The molecule has 1 unspecified atom stereocenters. The Labute approximate surface area is 111 Å². The third-order valence-electron chi connectivity index (χ3n) is 3.06. The molecule has 1 N–H and O–H groups in total. The molecule has 0 spiro atoms. The van der Waals surface area contributed by atoms with Gasteiger partial charge in [-0.25, -0.2) is 4.98 Å². The molecule has 0 saturated carbocycles. The Morgan fingerprint density at radius 2 is 1.53 bits per heavy atom. The van der Waals surface area contributed by atoms with Gasteiger partial charge in [0, 0.05) is 18.1 Å². The highest BCUT2D eigenvalue weighted by Gasteiger charge is 2.16. The Morgan fingerprint density at radius 3 is 2.21 bits per heavy atom. The summed E-state index contributed by atoms with van der Waals surface area (Å²) in [6.07, 6.45) is 2.84. The van der Waals surface area contributed by atoms with E-state index in [1.54, 1.807) is 6.20 Å². The van der Waals surface area contributed by atoms with Gasteiger partial charge in [-0.05, 0) is 17.7 Å². The minimum atomic E-state index is -0.726. The van der Waals surface area contributed by atoms with E-state index in [-0.39, 0.29) is 0 Å². The van der Waals surface area contributed by atoms with E-state index in [4.69, 9.17) is 0 Å². The van der Waals surface area contributed by atoms with Crippen molar-refractivity contribution < 1.29 is 5.11 Å². The van der Waals surface area contributed by atoms with Crippen LogP contribution in [-0.4, -0.2) is 14.7 Å². The zero-order chi connectivity index (χ0) is 13.1. The summed E-state index contributed by atoms with van der Waals surface area (Å²) in [4.78, 5) is 4.28. The Balaban J connectivity index is 2.01. The fourth-order valence-electron chi connectivity index (χ4n) is 2.11. The molecule has 0 aliphatic heterocycles. The molecule has 0 amide bonds. The fraction of sp³-hybridized carbons (Fsp3) is 0.0625. The van der Waals surface area contributed by atoms with Gasteiger partial charge in [0.25, 0.3) is 0 Å². The number of hydrogen-bond acceptors (Lipinski definition) is 2. The first kappa shape index (κ1) is 11.7. The van der Waals surface area contributed by atoms with Crippen molar-refractivity contribution in [2.24, 2.45) is 0 Å². The van der Waals surface area contributed by atoms with Crippen molar-refractivity contribution in [1.29, 1.82) is 0 Å². The molecule has 0 aliphatic carbocycles. The highest BCUT2D eigenvalue weighted by atomic mass is 16.3. The minimum absolute atomic E-state index is 0.623. The second-order valence-corrected chi connectivity index (χ2v) is 4.30. The first-order chi connectivity index (χ1) is 9.36. The monoisotopic (exact) mass is 250 g/mol. The summed E-state index contributed by atoms with van der Waals surface area (Å²) >= 11 is 0. The average Bonchev–Trinajstić information content (AvgIpc) is 2.98. The SMILES string of the molecule is OC(c1ccccc1)c1nccn1-c1ccccc1. The fourth-order valence-corrected chi connectivity index (χ4v) is 2.11. The maximum absolute atomic E-state index is 10.4. The van der Waals surface area contributed by atoms with Crippen LogP contribution in [0.3, 0.4) is 0 Å². The molecule has 2 aromatic carbocycles. The summed E-state index contributed by atoms with van der Waals surface area (Å²) in [6.45, 7) is 0. The largest absolute Gasteiger partial charge is 0.380 e. The molecule has 1 heterocycles. The zero-order valence-electron chi connectivity index (χ0n) is 10.3. The van der Waals surface area contributed by atoms with Gasteiger partial charge in [-0.2, -0.15) is 0 Å². The molecule has 3 heteroatoms. The smallest absolute Gasteiger partial charge is 0.146 e. The third-order valence-corrected chi connectivity index (χ3v) is 3.06. The van der Waals surface area contributed by atoms with Crippen molar-refractivity contribution in [3.8, 4) is 5.69 Å². The lowest BCUT2D eigenvalue weighted by molar-refractivity contribution is 0.208. The lowest BCUT2D eigenvalue weighted by Crippen LogP contribution is -2.08. The highest BCUT2D eigenvalue weighted by molar-refractivity contribution is 5.35. The topological polar surface area (TPSA) is 38.1 Å². The molecule has 0 radical (unpaired) electrons. The number of aliphatic hydroxyl groups is 1. The summed E-state index contributed by atoms with van der Waals surface area (Å²) in [5, 5.41) is 10.4. The summed E-state index contributed by atoms with van der Waals surface area (Å²) in [6, 6.07) is 19.4. The maximum Gasteiger partial charge on any atom is 0.146 e. The first-order valence-electron chi connectivity index (χ1n) is 6.18. The molecule has 3 aromatic rings. The zero-order valence-corrected chi connectivity index (χ0v) is 10.3. The van der Waals surface area contributed by atoms with E-state index in [2.05, 4.69) is 4.98 Å². The number of para-hydroxylation sites is 1. The van der Waals surface area contributed by atoms with Gasteiger partial charge in [-0.15, -0.1) is 0 Å². The van der Waals surface area contributed by atoms with Crippen molar-refractivity contribution in [3.63, 3.8) is 0 Å². The number of benzene rings is 2. The van der Waals surface area contributed by atoms with Gasteiger partial charge in [0.2, 0.25) is 0 Å². The van der Waals surface area contributed by atoms with Crippen LogP contribution in [0.1, 0.15) is 17.5 Å². The van der Waals surface area contributed by atoms with Gasteiger partial charge >= 0.3 is 0 Å². The van der Waals surface area contributed by atoms with E-state index >= 15 is 0 Å². The normalized spacial score (nSPS) is 12.3. The van der Waals surface area contributed by atoms with Crippen molar-refractivity contribution >= 4 is 0 Å².